The molecule has 0 bridgehead atoms. The molecule has 0 aliphatic heterocycles. The highest BCUT2D eigenvalue weighted by Crippen LogP contribution is 2.45. The van der Waals surface area contributed by atoms with E-state index in [9.17, 15) is 18.0 Å². The SMILES string of the molecule is COC(=O)[C@]1(c2cccc(F)c2C)C=C(c2cnn(C(F)F)c2)CC1. The summed E-state index contributed by atoms with van der Waals surface area (Å²) in [5, 5.41) is 3.63. The highest BCUT2D eigenvalue weighted by atomic mass is 19.3. The highest BCUT2D eigenvalue weighted by molar-refractivity contribution is 5.91. The van der Waals surface area contributed by atoms with Crippen LogP contribution in [-0.2, 0) is 14.9 Å². The number of hydrogen-bond acceptors (Lipinski definition) is 3. The first-order valence-corrected chi connectivity index (χ1v) is 7.77. The third-order valence-corrected chi connectivity index (χ3v) is 4.68. The van der Waals surface area contributed by atoms with Gasteiger partial charge in [-0.25, -0.2) is 9.07 Å². The number of alkyl halides is 2. The van der Waals surface area contributed by atoms with Gasteiger partial charge in [0.1, 0.15) is 11.2 Å². The average Bonchev–Trinajstić information content (AvgIpc) is 3.24. The Bertz CT molecular complexity index is 845. The number of carbonyl (C=O) groups is 1. The maximum atomic E-state index is 14.0. The molecule has 3 rings (SSSR count). The van der Waals surface area contributed by atoms with Crippen molar-refractivity contribution in [2.75, 3.05) is 7.11 Å². The van der Waals surface area contributed by atoms with Gasteiger partial charge in [0, 0.05) is 11.8 Å². The van der Waals surface area contributed by atoms with Crippen molar-refractivity contribution in [3.8, 4) is 0 Å². The summed E-state index contributed by atoms with van der Waals surface area (Å²) in [7, 11) is 1.28. The van der Waals surface area contributed by atoms with Crippen LogP contribution < -0.4 is 0 Å². The minimum Gasteiger partial charge on any atom is -0.468 e. The second-order valence-corrected chi connectivity index (χ2v) is 6.03. The maximum absolute atomic E-state index is 14.0. The van der Waals surface area contributed by atoms with Crippen molar-refractivity contribution in [3.05, 3.63) is 59.2 Å². The van der Waals surface area contributed by atoms with Crippen molar-refractivity contribution in [1.29, 1.82) is 0 Å². The molecule has 2 aromatic rings. The molecule has 132 valence electrons. The lowest BCUT2D eigenvalue weighted by Gasteiger charge is -2.26. The van der Waals surface area contributed by atoms with Crippen LogP contribution in [0.5, 0.6) is 0 Å². The molecule has 0 saturated heterocycles. The number of allylic oxidation sites excluding steroid dienone is 1. The Morgan fingerprint density at radius 2 is 2.16 bits per heavy atom. The summed E-state index contributed by atoms with van der Waals surface area (Å²) in [5.41, 5.74) is 0.980. The van der Waals surface area contributed by atoms with Crippen molar-refractivity contribution >= 4 is 11.5 Å². The zero-order chi connectivity index (χ0) is 18.2. The van der Waals surface area contributed by atoms with Crippen LogP contribution in [0, 0.1) is 12.7 Å². The van der Waals surface area contributed by atoms with Gasteiger partial charge in [-0.3, -0.25) is 4.79 Å². The van der Waals surface area contributed by atoms with Crippen LogP contribution in [0.3, 0.4) is 0 Å². The van der Waals surface area contributed by atoms with Gasteiger partial charge in [0.15, 0.2) is 0 Å². The zero-order valence-electron chi connectivity index (χ0n) is 13.8. The van der Waals surface area contributed by atoms with Crippen LogP contribution in [0.4, 0.5) is 13.2 Å². The first kappa shape index (κ1) is 17.3. The van der Waals surface area contributed by atoms with Crippen molar-refractivity contribution in [2.45, 2.75) is 31.7 Å². The number of ether oxygens (including phenoxy) is 1. The van der Waals surface area contributed by atoms with E-state index in [-0.39, 0.29) is 0 Å². The summed E-state index contributed by atoms with van der Waals surface area (Å²) in [6.45, 7) is -1.12. The first-order chi connectivity index (χ1) is 11.9. The topological polar surface area (TPSA) is 44.1 Å². The molecule has 1 aliphatic rings. The van der Waals surface area contributed by atoms with Crippen LogP contribution >= 0.6 is 0 Å². The lowest BCUT2D eigenvalue weighted by atomic mass is 9.78. The normalized spacial score (nSPS) is 20.0. The van der Waals surface area contributed by atoms with E-state index in [1.807, 2.05) is 0 Å². The van der Waals surface area contributed by atoms with Crippen molar-refractivity contribution in [1.82, 2.24) is 9.78 Å². The third-order valence-electron chi connectivity index (χ3n) is 4.68. The predicted octanol–water partition coefficient (Wildman–Crippen LogP) is 4.01. The fourth-order valence-electron chi connectivity index (χ4n) is 3.37. The number of nitrogens with zero attached hydrogens (tertiary/aromatic N) is 2. The van der Waals surface area contributed by atoms with Gasteiger partial charge >= 0.3 is 12.5 Å². The highest BCUT2D eigenvalue weighted by Gasteiger charge is 2.44. The summed E-state index contributed by atoms with van der Waals surface area (Å²) < 4.78 is 45.0. The van der Waals surface area contributed by atoms with E-state index < -0.39 is 23.8 Å². The van der Waals surface area contributed by atoms with E-state index in [0.29, 0.717) is 39.8 Å². The molecule has 1 aromatic carbocycles. The van der Waals surface area contributed by atoms with E-state index in [1.165, 1.54) is 25.6 Å². The molecule has 0 spiro atoms. The molecule has 1 heterocycles. The van der Waals surface area contributed by atoms with Crippen molar-refractivity contribution in [3.63, 3.8) is 0 Å². The molecule has 0 amide bonds. The Morgan fingerprint density at radius 1 is 1.40 bits per heavy atom. The summed E-state index contributed by atoms with van der Waals surface area (Å²) in [5.74, 6) is -0.911. The molecule has 1 aromatic heterocycles. The zero-order valence-corrected chi connectivity index (χ0v) is 13.8. The molecular weight excluding hydrogens is 333 g/mol. The number of aromatic nitrogens is 2. The number of esters is 1. The number of benzene rings is 1. The first-order valence-electron chi connectivity index (χ1n) is 7.77. The summed E-state index contributed by atoms with van der Waals surface area (Å²) in [4.78, 5) is 12.6. The molecule has 0 saturated carbocycles. The second-order valence-electron chi connectivity index (χ2n) is 6.03. The minimum atomic E-state index is -2.73. The molecule has 25 heavy (non-hydrogen) atoms. The second kappa shape index (κ2) is 6.38. The van der Waals surface area contributed by atoms with E-state index in [2.05, 4.69) is 5.10 Å². The number of rotatable bonds is 4. The van der Waals surface area contributed by atoms with Crippen LogP contribution in [0.25, 0.3) is 5.57 Å². The number of hydrogen-bond donors (Lipinski definition) is 0. The van der Waals surface area contributed by atoms with Gasteiger partial charge in [0.25, 0.3) is 0 Å². The average molecular weight is 350 g/mol. The number of methoxy groups -OCH3 is 1. The van der Waals surface area contributed by atoms with Gasteiger partial charge in [-0.15, -0.1) is 0 Å². The molecule has 1 atom stereocenters. The lowest BCUT2D eigenvalue weighted by Crippen LogP contribution is -2.34. The Kier molecular flexibility index (Phi) is 4.41. The lowest BCUT2D eigenvalue weighted by molar-refractivity contribution is -0.145. The van der Waals surface area contributed by atoms with Crippen molar-refractivity contribution < 1.29 is 22.7 Å². The van der Waals surface area contributed by atoms with Gasteiger partial charge in [-0.1, -0.05) is 18.2 Å². The van der Waals surface area contributed by atoms with Crippen LogP contribution in [-0.4, -0.2) is 22.9 Å². The standard InChI is InChI=1S/C18H17F3N2O2/c1-11-14(4-3-5-15(11)19)18(16(24)25-2)7-6-12(8-18)13-9-22-23(10-13)17(20)21/h3-5,8-10,17H,6-7H2,1-2H3/t18-/m0/s1. The van der Waals surface area contributed by atoms with E-state index >= 15 is 0 Å². The quantitative estimate of drug-likeness (QED) is 0.783. The predicted molar refractivity (Wildman–Crippen MR) is 85.5 cm³/mol. The summed E-state index contributed by atoms with van der Waals surface area (Å²) in [6.07, 6.45) is 5.11. The molecule has 0 fully saturated rings. The molecule has 0 radical (unpaired) electrons. The smallest absolute Gasteiger partial charge is 0.333 e. The molecule has 1 aliphatic carbocycles. The largest absolute Gasteiger partial charge is 0.468 e. The maximum Gasteiger partial charge on any atom is 0.333 e. The van der Waals surface area contributed by atoms with Crippen molar-refractivity contribution in [2.24, 2.45) is 0 Å². The Hall–Kier alpha value is -2.57. The van der Waals surface area contributed by atoms with Gasteiger partial charge in [0.05, 0.1) is 13.3 Å². The molecule has 0 N–H and O–H groups in total. The Labute approximate surface area is 142 Å². The number of carbonyl (C=O) groups excluding carboxylic acids is 1. The van der Waals surface area contributed by atoms with Gasteiger partial charge < -0.3 is 4.74 Å². The molecule has 7 heteroatoms. The Morgan fingerprint density at radius 3 is 2.80 bits per heavy atom. The third kappa shape index (κ3) is 2.83. The van der Waals surface area contributed by atoms with Gasteiger partial charge in [-0.05, 0) is 42.5 Å². The van der Waals surface area contributed by atoms with Gasteiger partial charge in [-0.2, -0.15) is 13.9 Å². The molecule has 4 nitrogen and oxygen atoms in total. The monoisotopic (exact) mass is 350 g/mol. The van der Waals surface area contributed by atoms with Crippen LogP contribution in [0.2, 0.25) is 0 Å². The fraction of sp³-hybridized carbons (Fsp3) is 0.333. The fourth-order valence-corrected chi connectivity index (χ4v) is 3.37. The molecular formula is C18H17F3N2O2. The Balaban J connectivity index is 2.10. The minimum absolute atomic E-state index is 0.369. The van der Waals surface area contributed by atoms with E-state index in [4.69, 9.17) is 4.74 Å². The van der Waals surface area contributed by atoms with Crippen LogP contribution in [0.1, 0.15) is 36.1 Å². The van der Waals surface area contributed by atoms with E-state index in [1.54, 1.807) is 25.1 Å². The number of halogens is 3. The van der Waals surface area contributed by atoms with Gasteiger partial charge in [0.2, 0.25) is 0 Å². The molecule has 0 unspecified atom stereocenters. The summed E-state index contributed by atoms with van der Waals surface area (Å²) >= 11 is 0. The van der Waals surface area contributed by atoms with E-state index in [0.717, 1.165) is 0 Å². The van der Waals surface area contributed by atoms with Crippen LogP contribution in [0.15, 0.2) is 36.7 Å². The summed E-state index contributed by atoms with van der Waals surface area (Å²) in [6, 6.07) is 4.57.